The molecule has 5 nitrogen and oxygen atoms in total. The van der Waals surface area contributed by atoms with Crippen LogP contribution in [0.4, 0.5) is 0 Å². The lowest BCUT2D eigenvalue weighted by atomic mass is 10.0. The van der Waals surface area contributed by atoms with E-state index in [9.17, 15) is 18.0 Å². The van der Waals surface area contributed by atoms with E-state index in [-0.39, 0.29) is 21.3 Å². The van der Waals surface area contributed by atoms with Gasteiger partial charge in [-0.05, 0) is 37.1 Å². The molecule has 138 valence electrons. The number of rotatable bonds is 6. The fourth-order valence-corrected chi connectivity index (χ4v) is 3.15. The SMILES string of the molecule is CCc1ccc(C(=O)C(C)OC(=O)c2cc(S(C)(=O)=O)ccc2Cl)cc1. The van der Waals surface area contributed by atoms with E-state index in [1.807, 2.05) is 19.1 Å². The number of aryl methyl sites for hydroxylation is 1. The minimum Gasteiger partial charge on any atom is -0.451 e. The van der Waals surface area contributed by atoms with Gasteiger partial charge in [-0.2, -0.15) is 0 Å². The van der Waals surface area contributed by atoms with E-state index in [4.69, 9.17) is 16.3 Å². The van der Waals surface area contributed by atoms with Gasteiger partial charge in [-0.3, -0.25) is 4.79 Å². The Kier molecular flexibility index (Phi) is 6.21. The van der Waals surface area contributed by atoms with Crippen LogP contribution in [0.5, 0.6) is 0 Å². The van der Waals surface area contributed by atoms with Crippen molar-refractivity contribution in [2.24, 2.45) is 0 Å². The van der Waals surface area contributed by atoms with Gasteiger partial charge in [0.15, 0.2) is 15.9 Å². The van der Waals surface area contributed by atoms with Crippen LogP contribution in [0.3, 0.4) is 0 Å². The molecule has 0 saturated carbocycles. The zero-order valence-corrected chi connectivity index (χ0v) is 16.2. The molecule has 0 aliphatic rings. The Balaban J connectivity index is 2.19. The predicted molar refractivity (Wildman–Crippen MR) is 99.6 cm³/mol. The number of Topliss-reactive ketones (excluding diaryl/α,β-unsaturated/α-hetero) is 1. The third-order valence-corrected chi connectivity index (χ3v) is 5.33. The number of hydrogen-bond donors (Lipinski definition) is 0. The Hall–Kier alpha value is -2.18. The molecule has 0 radical (unpaired) electrons. The Morgan fingerprint density at radius 3 is 2.27 bits per heavy atom. The van der Waals surface area contributed by atoms with Crippen molar-refractivity contribution in [3.8, 4) is 0 Å². The molecule has 2 rings (SSSR count). The molecule has 7 heteroatoms. The minimum absolute atomic E-state index is 0.0503. The standard InChI is InChI=1S/C19H19ClO5S/c1-4-13-5-7-14(8-6-13)18(21)12(2)25-19(22)16-11-15(26(3,23)24)9-10-17(16)20/h5-12H,4H2,1-3H3. The van der Waals surface area contributed by atoms with Crippen molar-refractivity contribution in [1.82, 2.24) is 0 Å². The first kappa shape index (κ1) is 20.1. The van der Waals surface area contributed by atoms with Crippen molar-refractivity contribution >= 4 is 33.2 Å². The van der Waals surface area contributed by atoms with Gasteiger partial charge in [-0.15, -0.1) is 0 Å². The summed E-state index contributed by atoms with van der Waals surface area (Å²) in [5.41, 5.74) is 1.42. The summed E-state index contributed by atoms with van der Waals surface area (Å²) < 4.78 is 28.5. The molecular weight excluding hydrogens is 376 g/mol. The van der Waals surface area contributed by atoms with E-state index in [0.717, 1.165) is 24.3 Å². The van der Waals surface area contributed by atoms with Gasteiger partial charge < -0.3 is 4.74 Å². The highest BCUT2D eigenvalue weighted by Crippen LogP contribution is 2.22. The number of halogens is 1. The number of benzene rings is 2. The second kappa shape index (κ2) is 8.01. The molecule has 0 spiro atoms. The van der Waals surface area contributed by atoms with Crippen LogP contribution in [-0.4, -0.2) is 32.5 Å². The van der Waals surface area contributed by atoms with Crippen molar-refractivity contribution in [2.75, 3.05) is 6.26 Å². The fraction of sp³-hybridized carbons (Fsp3) is 0.263. The third kappa shape index (κ3) is 4.71. The Labute approximate surface area is 157 Å². The number of carbonyl (C=O) groups excluding carboxylic acids is 2. The lowest BCUT2D eigenvalue weighted by Gasteiger charge is -2.14. The smallest absolute Gasteiger partial charge is 0.340 e. The molecule has 0 aliphatic heterocycles. The molecule has 1 atom stereocenters. The number of carbonyl (C=O) groups is 2. The first-order valence-corrected chi connectivity index (χ1v) is 10.2. The van der Waals surface area contributed by atoms with Gasteiger partial charge in [0.05, 0.1) is 15.5 Å². The summed E-state index contributed by atoms with van der Waals surface area (Å²) in [4.78, 5) is 24.7. The van der Waals surface area contributed by atoms with Crippen LogP contribution in [-0.2, 0) is 21.0 Å². The van der Waals surface area contributed by atoms with Crippen LogP contribution < -0.4 is 0 Å². The largest absolute Gasteiger partial charge is 0.451 e. The van der Waals surface area contributed by atoms with Crippen molar-refractivity contribution in [3.05, 3.63) is 64.2 Å². The number of ketones is 1. The van der Waals surface area contributed by atoms with E-state index in [0.29, 0.717) is 5.56 Å². The second-order valence-corrected chi connectivity index (χ2v) is 8.30. The van der Waals surface area contributed by atoms with Crippen molar-refractivity contribution < 1.29 is 22.7 Å². The van der Waals surface area contributed by atoms with Gasteiger partial charge in [-0.1, -0.05) is 42.8 Å². The van der Waals surface area contributed by atoms with Crippen LogP contribution >= 0.6 is 11.6 Å². The van der Waals surface area contributed by atoms with Crippen molar-refractivity contribution in [3.63, 3.8) is 0 Å². The topological polar surface area (TPSA) is 77.5 Å². The van der Waals surface area contributed by atoms with Gasteiger partial charge in [-0.25, -0.2) is 13.2 Å². The Morgan fingerprint density at radius 2 is 1.73 bits per heavy atom. The maximum atomic E-state index is 12.4. The van der Waals surface area contributed by atoms with E-state index in [2.05, 4.69) is 0 Å². The summed E-state index contributed by atoms with van der Waals surface area (Å²) in [6.45, 7) is 3.47. The van der Waals surface area contributed by atoms with Crippen LogP contribution in [0.1, 0.15) is 40.1 Å². The average Bonchev–Trinajstić information content (AvgIpc) is 2.60. The maximum Gasteiger partial charge on any atom is 0.340 e. The average molecular weight is 395 g/mol. The van der Waals surface area contributed by atoms with E-state index >= 15 is 0 Å². The first-order chi connectivity index (χ1) is 12.1. The summed E-state index contributed by atoms with van der Waals surface area (Å²) in [5, 5.41) is 0.0503. The number of ether oxygens (including phenoxy) is 1. The molecule has 0 amide bonds. The van der Waals surface area contributed by atoms with Crippen LogP contribution in [0.15, 0.2) is 47.4 Å². The number of esters is 1. The maximum absolute atomic E-state index is 12.4. The van der Waals surface area contributed by atoms with Gasteiger partial charge in [0.1, 0.15) is 0 Å². The third-order valence-electron chi connectivity index (χ3n) is 3.89. The molecule has 0 N–H and O–H groups in total. The molecule has 0 saturated heterocycles. The van der Waals surface area contributed by atoms with Crippen molar-refractivity contribution in [2.45, 2.75) is 31.3 Å². The summed E-state index contributed by atoms with van der Waals surface area (Å²) >= 11 is 5.97. The zero-order chi connectivity index (χ0) is 19.5. The zero-order valence-electron chi connectivity index (χ0n) is 14.7. The predicted octanol–water partition coefficient (Wildman–Crippen LogP) is 3.73. The molecule has 0 heterocycles. The quantitative estimate of drug-likeness (QED) is 0.551. The Morgan fingerprint density at radius 1 is 1.12 bits per heavy atom. The Bertz CT molecular complexity index is 933. The van der Waals surface area contributed by atoms with Crippen molar-refractivity contribution in [1.29, 1.82) is 0 Å². The lowest BCUT2D eigenvalue weighted by Crippen LogP contribution is -2.24. The number of hydrogen-bond acceptors (Lipinski definition) is 5. The van der Waals surface area contributed by atoms with Crippen LogP contribution in [0.25, 0.3) is 0 Å². The highest BCUT2D eigenvalue weighted by Gasteiger charge is 2.23. The molecule has 0 fully saturated rings. The molecule has 26 heavy (non-hydrogen) atoms. The minimum atomic E-state index is -3.50. The van der Waals surface area contributed by atoms with Crippen LogP contribution in [0.2, 0.25) is 5.02 Å². The fourth-order valence-electron chi connectivity index (χ4n) is 2.31. The molecule has 1 unspecified atom stereocenters. The summed E-state index contributed by atoms with van der Waals surface area (Å²) in [5.74, 6) is -1.21. The molecule has 0 aliphatic carbocycles. The van der Waals surface area contributed by atoms with E-state index in [1.54, 1.807) is 12.1 Å². The molecule has 0 bridgehead atoms. The van der Waals surface area contributed by atoms with Crippen LogP contribution in [0, 0.1) is 0 Å². The number of sulfone groups is 1. The summed E-state index contributed by atoms with van der Waals surface area (Å²) in [6.07, 6.45) is 0.846. The molecule has 2 aromatic rings. The van der Waals surface area contributed by atoms with E-state index < -0.39 is 21.9 Å². The van der Waals surface area contributed by atoms with Gasteiger partial charge in [0, 0.05) is 11.8 Å². The van der Waals surface area contributed by atoms with Gasteiger partial charge >= 0.3 is 5.97 Å². The van der Waals surface area contributed by atoms with Gasteiger partial charge in [0.25, 0.3) is 0 Å². The monoisotopic (exact) mass is 394 g/mol. The second-order valence-electron chi connectivity index (χ2n) is 5.88. The normalized spacial score (nSPS) is 12.5. The summed E-state index contributed by atoms with van der Waals surface area (Å²) in [7, 11) is -3.50. The molecule has 2 aromatic carbocycles. The lowest BCUT2D eigenvalue weighted by molar-refractivity contribution is 0.0318. The van der Waals surface area contributed by atoms with E-state index in [1.165, 1.54) is 19.1 Å². The first-order valence-electron chi connectivity index (χ1n) is 7.97. The summed E-state index contributed by atoms with van der Waals surface area (Å²) in [6, 6.07) is 10.8. The highest BCUT2D eigenvalue weighted by atomic mass is 35.5. The van der Waals surface area contributed by atoms with Gasteiger partial charge in [0.2, 0.25) is 5.78 Å². The molecule has 0 aromatic heterocycles. The highest BCUT2D eigenvalue weighted by molar-refractivity contribution is 7.90. The molecular formula is C19H19ClO5S.